The van der Waals surface area contributed by atoms with Gasteiger partial charge in [0, 0.05) is 12.5 Å². The zero-order valence-corrected chi connectivity index (χ0v) is 12.7. The fraction of sp³-hybridized carbons (Fsp3) is 0.625. The van der Waals surface area contributed by atoms with Gasteiger partial charge in [0.2, 0.25) is 5.88 Å². The van der Waals surface area contributed by atoms with E-state index in [1.165, 1.54) is 0 Å². The van der Waals surface area contributed by atoms with Gasteiger partial charge >= 0.3 is 0 Å². The van der Waals surface area contributed by atoms with Crippen molar-refractivity contribution in [2.75, 3.05) is 17.7 Å². The molecule has 0 radical (unpaired) electrons. The van der Waals surface area contributed by atoms with E-state index in [4.69, 9.17) is 4.74 Å². The van der Waals surface area contributed by atoms with Crippen LogP contribution in [0.25, 0.3) is 0 Å². The third-order valence-corrected chi connectivity index (χ3v) is 6.14. The Morgan fingerprint density at radius 1 is 1.33 bits per heavy atom. The van der Waals surface area contributed by atoms with Crippen molar-refractivity contribution in [1.82, 2.24) is 4.98 Å². The fourth-order valence-electron chi connectivity index (χ4n) is 4.74. The van der Waals surface area contributed by atoms with Crippen molar-refractivity contribution >= 4 is 17.3 Å². The second kappa shape index (κ2) is 3.90. The minimum absolute atomic E-state index is 0.0286. The van der Waals surface area contributed by atoms with Gasteiger partial charge in [0.05, 0.1) is 18.2 Å². The van der Waals surface area contributed by atoms with Crippen molar-refractivity contribution in [3.05, 3.63) is 12.1 Å². The van der Waals surface area contributed by atoms with E-state index in [1.807, 2.05) is 12.1 Å². The minimum atomic E-state index is -0.328. The number of nitrogens with zero attached hydrogens (tertiary/aromatic N) is 1. The maximum atomic E-state index is 12.7. The van der Waals surface area contributed by atoms with Gasteiger partial charge in [-0.3, -0.25) is 4.79 Å². The molecule has 0 spiro atoms. The Hall–Kier alpha value is -1.78. The minimum Gasteiger partial charge on any atom is -0.481 e. The molecule has 0 amide bonds. The van der Waals surface area contributed by atoms with Crippen LogP contribution in [-0.4, -0.2) is 24.0 Å². The fourth-order valence-corrected chi connectivity index (χ4v) is 4.74. The van der Waals surface area contributed by atoms with Crippen molar-refractivity contribution < 1.29 is 9.53 Å². The zero-order valence-electron chi connectivity index (χ0n) is 12.7. The lowest BCUT2D eigenvalue weighted by atomic mass is 9.67. The quantitative estimate of drug-likeness (QED) is 0.875. The molecule has 5 nitrogen and oxygen atoms in total. The number of ketones is 1. The summed E-state index contributed by atoms with van der Waals surface area (Å²) in [5, 5.41) is 6.91. The summed E-state index contributed by atoms with van der Waals surface area (Å²) in [5.41, 5.74) is 0.654. The topological polar surface area (TPSA) is 63.2 Å². The highest BCUT2D eigenvalue weighted by atomic mass is 16.5. The number of Topliss-reactive ketones (excluding diaryl/α,β-unsaturated/α-hetero) is 1. The molecule has 0 aromatic carbocycles. The third-order valence-electron chi connectivity index (χ3n) is 6.14. The molecular formula is C16H21N3O2. The van der Waals surface area contributed by atoms with Crippen molar-refractivity contribution in [3.63, 3.8) is 0 Å². The van der Waals surface area contributed by atoms with Crippen LogP contribution < -0.4 is 15.4 Å². The Kier molecular flexibility index (Phi) is 2.40. The predicted octanol–water partition coefficient (Wildman–Crippen LogP) is 2.65. The number of nitrogens with one attached hydrogen (secondary N) is 2. The molecule has 2 N–H and O–H groups in total. The number of aromatic nitrogens is 1. The van der Waals surface area contributed by atoms with Crippen LogP contribution in [0.5, 0.6) is 5.88 Å². The number of rotatable bonds is 2. The standard InChI is InChI=1S/C16H21N3O2/c1-15(2)9-6-7-16(15,11(20)8-9)14-17-10-4-5-12(21-3)18-13(10)19-14/h4-5,9,14,17H,6-8H2,1-3H3,(H,18,19). The highest BCUT2D eigenvalue weighted by Gasteiger charge is 2.68. The summed E-state index contributed by atoms with van der Waals surface area (Å²) < 4.78 is 5.18. The second-order valence-electron chi connectivity index (χ2n) is 7.03. The van der Waals surface area contributed by atoms with E-state index in [0.717, 1.165) is 30.8 Å². The van der Waals surface area contributed by atoms with Gasteiger partial charge in [-0.1, -0.05) is 13.8 Å². The van der Waals surface area contributed by atoms with Crippen molar-refractivity contribution in [1.29, 1.82) is 0 Å². The number of fused-ring (bicyclic) bond motifs is 3. The monoisotopic (exact) mass is 287 g/mol. The largest absolute Gasteiger partial charge is 0.481 e. The first-order chi connectivity index (χ1) is 9.99. The summed E-state index contributed by atoms with van der Waals surface area (Å²) in [6, 6.07) is 3.80. The van der Waals surface area contributed by atoms with Gasteiger partial charge < -0.3 is 15.4 Å². The summed E-state index contributed by atoms with van der Waals surface area (Å²) in [5.74, 6) is 2.28. The third kappa shape index (κ3) is 1.41. The van der Waals surface area contributed by atoms with Gasteiger partial charge in [0.25, 0.3) is 0 Å². The van der Waals surface area contributed by atoms with E-state index in [1.54, 1.807) is 7.11 Å². The van der Waals surface area contributed by atoms with Crippen LogP contribution >= 0.6 is 0 Å². The first-order valence-electron chi connectivity index (χ1n) is 7.60. The highest BCUT2D eigenvalue weighted by Crippen LogP contribution is 2.66. The molecule has 2 bridgehead atoms. The van der Waals surface area contributed by atoms with E-state index in [-0.39, 0.29) is 17.0 Å². The Balaban J connectivity index is 1.71. The predicted molar refractivity (Wildman–Crippen MR) is 80.4 cm³/mol. The number of ether oxygens (including phenoxy) is 1. The maximum absolute atomic E-state index is 12.7. The maximum Gasteiger partial charge on any atom is 0.215 e. The summed E-state index contributed by atoms with van der Waals surface area (Å²) in [7, 11) is 1.61. The first-order valence-corrected chi connectivity index (χ1v) is 7.60. The van der Waals surface area contributed by atoms with Gasteiger partial charge in [0.15, 0.2) is 5.82 Å². The number of anilines is 2. The molecule has 112 valence electrons. The van der Waals surface area contributed by atoms with Gasteiger partial charge in [-0.2, -0.15) is 4.98 Å². The van der Waals surface area contributed by atoms with Crippen LogP contribution in [-0.2, 0) is 4.79 Å². The SMILES string of the molecule is COc1ccc2c(n1)NC(C13CCC(CC1=O)C3(C)C)N2. The van der Waals surface area contributed by atoms with E-state index < -0.39 is 0 Å². The smallest absolute Gasteiger partial charge is 0.215 e. The van der Waals surface area contributed by atoms with Crippen LogP contribution in [0.4, 0.5) is 11.5 Å². The Labute approximate surface area is 124 Å². The van der Waals surface area contributed by atoms with Crippen LogP contribution in [0.15, 0.2) is 12.1 Å². The molecule has 0 saturated heterocycles. The van der Waals surface area contributed by atoms with Gasteiger partial charge in [-0.05, 0) is 30.2 Å². The molecule has 5 heteroatoms. The van der Waals surface area contributed by atoms with Crippen LogP contribution in [0.1, 0.15) is 33.1 Å². The normalized spacial score (nSPS) is 35.3. The highest BCUT2D eigenvalue weighted by molar-refractivity contribution is 5.92. The van der Waals surface area contributed by atoms with E-state index >= 15 is 0 Å². The number of methoxy groups -OCH3 is 1. The van der Waals surface area contributed by atoms with Gasteiger partial charge in [-0.15, -0.1) is 0 Å². The zero-order chi connectivity index (χ0) is 14.8. The number of carbonyl (C=O) groups is 1. The van der Waals surface area contributed by atoms with E-state index in [2.05, 4.69) is 29.5 Å². The Bertz CT molecular complexity index is 628. The molecule has 3 aliphatic rings. The number of hydrogen-bond acceptors (Lipinski definition) is 5. The molecule has 1 aromatic rings. The molecule has 2 fully saturated rings. The van der Waals surface area contributed by atoms with Crippen LogP contribution in [0.2, 0.25) is 0 Å². The second-order valence-corrected chi connectivity index (χ2v) is 7.03. The molecule has 1 aliphatic heterocycles. The number of pyridine rings is 1. The lowest BCUT2D eigenvalue weighted by Gasteiger charge is -2.41. The molecule has 2 saturated carbocycles. The van der Waals surface area contributed by atoms with Gasteiger partial charge in [0.1, 0.15) is 11.9 Å². The molecule has 3 atom stereocenters. The lowest BCUT2D eigenvalue weighted by molar-refractivity contribution is -0.130. The Morgan fingerprint density at radius 2 is 2.14 bits per heavy atom. The summed E-state index contributed by atoms with van der Waals surface area (Å²) in [6.45, 7) is 4.49. The van der Waals surface area contributed by atoms with Gasteiger partial charge in [-0.25, -0.2) is 0 Å². The number of hydrogen-bond donors (Lipinski definition) is 2. The average molecular weight is 287 g/mol. The molecular weight excluding hydrogens is 266 g/mol. The molecule has 2 heterocycles. The molecule has 21 heavy (non-hydrogen) atoms. The molecule has 4 rings (SSSR count). The first kappa shape index (κ1) is 12.9. The average Bonchev–Trinajstić information content (AvgIpc) is 3.04. The summed E-state index contributed by atoms with van der Waals surface area (Å²) >= 11 is 0. The van der Waals surface area contributed by atoms with E-state index in [9.17, 15) is 4.79 Å². The van der Waals surface area contributed by atoms with Crippen molar-refractivity contribution in [2.45, 2.75) is 39.3 Å². The van der Waals surface area contributed by atoms with E-state index in [0.29, 0.717) is 17.6 Å². The lowest BCUT2D eigenvalue weighted by Crippen LogP contribution is -2.51. The number of carbonyl (C=O) groups excluding carboxylic acids is 1. The Morgan fingerprint density at radius 3 is 2.76 bits per heavy atom. The molecule has 1 aromatic heterocycles. The van der Waals surface area contributed by atoms with Crippen LogP contribution in [0, 0.1) is 16.7 Å². The summed E-state index contributed by atoms with van der Waals surface area (Å²) in [4.78, 5) is 17.1. The van der Waals surface area contributed by atoms with Crippen LogP contribution in [0.3, 0.4) is 0 Å². The van der Waals surface area contributed by atoms with Crippen molar-refractivity contribution in [2.24, 2.45) is 16.7 Å². The molecule has 2 aliphatic carbocycles. The van der Waals surface area contributed by atoms with Crippen molar-refractivity contribution in [3.8, 4) is 5.88 Å². The molecule has 3 unspecified atom stereocenters. The summed E-state index contributed by atoms with van der Waals surface area (Å²) in [6.07, 6.45) is 2.76.